The Morgan fingerprint density at radius 2 is 1.60 bits per heavy atom. The summed E-state index contributed by atoms with van der Waals surface area (Å²) in [5.41, 5.74) is 1.94. The van der Waals surface area contributed by atoms with Gasteiger partial charge in [-0.3, -0.25) is 14.5 Å². The summed E-state index contributed by atoms with van der Waals surface area (Å²) in [5, 5.41) is 11.4. The molecule has 2 fully saturated rings. The van der Waals surface area contributed by atoms with Gasteiger partial charge in [0.2, 0.25) is 0 Å². The van der Waals surface area contributed by atoms with Crippen LogP contribution in [0.25, 0.3) is 11.1 Å². The number of hydrogen-bond acceptors (Lipinski definition) is 9. The number of nitrogens with zero attached hydrogens (tertiary/aromatic N) is 3. The number of cyclic esters (lactones) is 1. The monoisotopic (exact) mass is 722 g/mol. The van der Waals surface area contributed by atoms with E-state index in [-0.39, 0.29) is 24.4 Å². The van der Waals surface area contributed by atoms with Crippen molar-refractivity contribution in [2.75, 3.05) is 61.0 Å². The van der Waals surface area contributed by atoms with Crippen LogP contribution in [0.1, 0.15) is 66.4 Å². The Morgan fingerprint density at radius 1 is 0.942 bits per heavy atom. The third kappa shape index (κ3) is 10.6. The number of aliphatic hydroxyl groups is 1. The van der Waals surface area contributed by atoms with Gasteiger partial charge < -0.3 is 29.0 Å². The zero-order valence-electron chi connectivity index (χ0n) is 33.3. The van der Waals surface area contributed by atoms with Crippen molar-refractivity contribution in [3.63, 3.8) is 0 Å². The molecule has 2 aromatic carbocycles. The van der Waals surface area contributed by atoms with E-state index in [0.717, 1.165) is 38.3 Å². The predicted octanol–water partition coefficient (Wildman–Crippen LogP) is 5.29. The summed E-state index contributed by atoms with van der Waals surface area (Å²) in [6.07, 6.45) is -0.994. The lowest BCUT2D eigenvalue weighted by Gasteiger charge is -2.45. The summed E-state index contributed by atoms with van der Waals surface area (Å²) in [6.45, 7) is 15.1. The second-order valence-corrected chi connectivity index (χ2v) is 16.1. The second kappa shape index (κ2) is 18.4. The van der Waals surface area contributed by atoms with Gasteiger partial charge in [0, 0.05) is 32.7 Å². The van der Waals surface area contributed by atoms with Gasteiger partial charge in [-0.2, -0.15) is 0 Å². The molecule has 0 spiro atoms. The van der Waals surface area contributed by atoms with E-state index in [4.69, 9.17) is 18.9 Å². The van der Waals surface area contributed by atoms with Crippen molar-refractivity contribution >= 4 is 17.5 Å². The van der Waals surface area contributed by atoms with Crippen molar-refractivity contribution in [3.05, 3.63) is 60.2 Å². The van der Waals surface area contributed by atoms with Crippen LogP contribution >= 0.6 is 0 Å². The lowest BCUT2D eigenvalue weighted by atomic mass is 9.74. The molecular weight excluding hydrogens is 658 g/mol. The van der Waals surface area contributed by atoms with Gasteiger partial charge in [0.25, 0.3) is 0 Å². The summed E-state index contributed by atoms with van der Waals surface area (Å²) >= 11 is 0. The Hall–Kier alpha value is -2.99. The lowest BCUT2D eigenvalue weighted by Crippen LogP contribution is -2.58. The number of esters is 1. The van der Waals surface area contributed by atoms with E-state index in [1.54, 1.807) is 27.9 Å². The van der Waals surface area contributed by atoms with E-state index in [2.05, 4.69) is 60.2 Å². The maximum Gasteiger partial charge on any atom is 0.319 e. The van der Waals surface area contributed by atoms with Crippen LogP contribution in [0.3, 0.4) is 0 Å². The van der Waals surface area contributed by atoms with Gasteiger partial charge >= 0.3 is 5.97 Å². The summed E-state index contributed by atoms with van der Waals surface area (Å²) in [6, 6.07) is 19.0. The van der Waals surface area contributed by atoms with Crippen molar-refractivity contribution in [1.82, 2.24) is 9.80 Å². The maximum atomic E-state index is 14.4. The molecule has 0 radical (unpaired) electrons. The molecule has 1 N–H and O–H groups in total. The molecule has 0 bridgehead atoms. The third-order valence-corrected chi connectivity index (χ3v) is 10.9. The fraction of sp³-hybridized carbons (Fsp3) is 0.643. The summed E-state index contributed by atoms with van der Waals surface area (Å²) < 4.78 is 26.8. The molecule has 7 atom stereocenters. The number of carbonyl (C=O) groups is 2. The van der Waals surface area contributed by atoms with Gasteiger partial charge in [-0.05, 0) is 83.3 Å². The van der Waals surface area contributed by atoms with Crippen LogP contribution in [0.2, 0.25) is 0 Å². The predicted molar refractivity (Wildman–Crippen MR) is 204 cm³/mol. The van der Waals surface area contributed by atoms with E-state index in [0.29, 0.717) is 19.4 Å². The molecule has 2 aromatic rings. The van der Waals surface area contributed by atoms with E-state index in [9.17, 15) is 14.7 Å². The zero-order chi connectivity index (χ0) is 38.2. The number of benzene rings is 2. The SMILES string of the molecule is CO[C@]1(C)C[C@@H](C)CN(C)CCCN(Cc2ccc(-c3ccccc3)cc2)CCOC(=O)C(C)(C)C(=O)[C@H](C)[C@H]1O[C@@H]1O[C@H](C)CC(=[N+](C)C)[C@H]1O. The molecule has 4 rings (SSSR count). The van der Waals surface area contributed by atoms with Crippen LogP contribution in [0.5, 0.6) is 0 Å². The van der Waals surface area contributed by atoms with E-state index >= 15 is 0 Å². The molecule has 0 unspecified atom stereocenters. The number of hydrogen-bond donors (Lipinski definition) is 1. The molecular formula is C42H64N3O7+. The van der Waals surface area contributed by atoms with Gasteiger partial charge in [-0.1, -0.05) is 68.4 Å². The van der Waals surface area contributed by atoms with Crippen LogP contribution in [-0.2, 0) is 35.1 Å². The first-order valence-corrected chi connectivity index (χ1v) is 18.9. The molecule has 0 aromatic heterocycles. The average Bonchev–Trinajstić information content (AvgIpc) is 3.10. The van der Waals surface area contributed by atoms with Crippen molar-refractivity contribution in [1.29, 1.82) is 0 Å². The van der Waals surface area contributed by atoms with Gasteiger partial charge in [-0.15, -0.1) is 0 Å². The molecule has 2 aliphatic heterocycles. The number of methoxy groups -OCH3 is 1. The van der Waals surface area contributed by atoms with Crippen LogP contribution in [0.15, 0.2) is 54.6 Å². The topological polar surface area (TPSA) is 101 Å². The normalized spacial score (nSPS) is 30.8. The van der Waals surface area contributed by atoms with Gasteiger partial charge in [-0.25, -0.2) is 4.58 Å². The number of rotatable bonds is 6. The summed E-state index contributed by atoms with van der Waals surface area (Å²) in [4.78, 5) is 32.8. The standard InChI is InChI=1S/C42H64N3O7/c1-29-26-42(6,49-10)38(52-39-36(46)35(43(7)8)25-30(2)51-39)31(3)37(47)41(4,5)40(48)50-24-23-45(22-14-21-44(9)27-29)28-32-17-19-34(20-18-32)33-15-12-11-13-16-33/h11-13,15-20,29-31,36,38-39,46H,14,21-28H2,1-10H3/q+1/t29-,30-,31+,36-,38-,39+,42-/m1/s1. The molecule has 0 amide bonds. The Balaban J connectivity index is 1.58. The minimum Gasteiger partial charge on any atom is -0.464 e. The molecule has 288 valence electrons. The van der Waals surface area contributed by atoms with Crippen molar-refractivity contribution in [2.24, 2.45) is 17.3 Å². The van der Waals surface area contributed by atoms with Gasteiger partial charge in [0.1, 0.15) is 26.1 Å². The summed E-state index contributed by atoms with van der Waals surface area (Å²) in [5.74, 6) is -1.50. The molecule has 2 saturated heterocycles. The highest BCUT2D eigenvalue weighted by atomic mass is 16.7. The number of Topliss-reactive ketones (excluding diaryl/α,β-unsaturated/α-hetero) is 1. The molecule has 52 heavy (non-hydrogen) atoms. The highest BCUT2D eigenvalue weighted by Crippen LogP contribution is 2.37. The van der Waals surface area contributed by atoms with Crippen LogP contribution < -0.4 is 0 Å². The molecule has 2 aliphatic rings. The molecule has 0 saturated carbocycles. The number of carbonyl (C=O) groups excluding carboxylic acids is 2. The maximum absolute atomic E-state index is 14.4. The Labute approximate surface area is 312 Å². The lowest BCUT2D eigenvalue weighted by molar-refractivity contribution is -0.473. The number of aliphatic hydroxyl groups excluding tert-OH is 1. The third-order valence-electron chi connectivity index (χ3n) is 10.9. The van der Waals surface area contributed by atoms with Crippen molar-refractivity contribution in [3.8, 4) is 11.1 Å². The largest absolute Gasteiger partial charge is 0.464 e. The first-order valence-electron chi connectivity index (χ1n) is 18.9. The minimum absolute atomic E-state index is 0.164. The van der Waals surface area contributed by atoms with Crippen molar-refractivity contribution in [2.45, 2.75) is 97.6 Å². The van der Waals surface area contributed by atoms with E-state index < -0.39 is 41.4 Å². The Bertz CT molecular complexity index is 1490. The first-order chi connectivity index (χ1) is 24.5. The van der Waals surface area contributed by atoms with Crippen LogP contribution in [0, 0.1) is 17.3 Å². The van der Waals surface area contributed by atoms with Crippen LogP contribution in [-0.4, -0.2) is 128 Å². The van der Waals surface area contributed by atoms with Crippen molar-refractivity contribution < 1.29 is 38.2 Å². The summed E-state index contributed by atoms with van der Waals surface area (Å²) in [7, 11) is 7.55. The second-order valence-electron chi connectivity index (χ2n) is 16.1. The zero-order valence-corrected chi connectivity index (χ0v) is 33.3. The molecule has 10 nitrogen and oxygen atoms in total. The first kappa shape index (κ1) is 41.8. The number of ether oxygens (including phenoxy) is 4. The van der Waals surface area contributed by atoms with Crippen LogP contribution in [0.4, 0.5) is 0 Å². The Morgan fingerprint density at radius 3 is 2.23 bits per heavy atom. The average molecular weight is 723 g/mol. The molecule has 2 heterocycles. The highest BCUT2D eigenvalue weighted by Gasteiger charge is 2.51. The fourth-order valence-corrected chi connectivity index (χ4v) is 7.89. The Kier molecular flexibility index (Phi) is 14.7. The fourth-order valence-electron chi connectivity index (χ4n) is 7.89. The van der Waals surface area contributed by atoms with E-state index in [1.807, 2.05) is 50.7 Å². The van der Waals surface area contributed by atoms with Gasteiger partial charge in [0.15, 0.2) is 23.9 Å². The van der Waals surface area contributed by atoms with Gasteiger partial charge in [0.05, 0.1) is 24.2 Å². The number of ketones is 1. The molecule has 10 heteroatoms. The minimum atomic E-state index is -1.45. The highest BCUT2D eigenvalue weighted by molar-refractivity contribution is 6.04. The smallest absolute Gasteiger partial charge is 0.319 e. The quantitative estimate of drug-likeness (QED) is 0.242. The molecule has 0 aliphatic carbocycles. The van der Waals surface area contributed by atoms with E-state index in [1.165, 1.54) is 16.7 Å².